The molecule has 1 aromatic heterocycles. The summed E-state index contributed by atoms with van der Waals surface area (Å²) in [6.07, 6.45) is 2.96. The molecule has 7 heteroatoms. The first-order chi connectivity index (χ1) is 13.1. The number of piperazine rings is 1. The van der Waals surface area contributed by atoms with Crippen LogP contribution in [0.3, 0.4) is 0 Å². The number of hydrogen-bond donors (Lipinski definition) is 1. The number of carbonyl (C=O) groups excluding carboxylic acids is 2. The monoisotopic (exact) mass is 371 g/mol. The van der Waals surface area contributed by atoms with Gasteiger partial charge in [0.1, 0.15) is 18.6 Å². The van der Waals surface area contributed by atoms with E-state index < -0.39 is 0 Å². The molecule has 1 aromatic carbocycles. The van der Waals surface area contributed by atoms with Gasteiger partial charge in [-0.25, -0.2) is 0 Å². The first-order valence-electron chi connectivity index (χ1n) is 9.12. The van der Waals surface area contributed by atoms with Crippen LogP contribution < -0.4 is 10.1 Å². The maximum Gasteiger partial charge on any atom is 0.257 e. The van der Waals surface area contributed by atoms with E-state index in [4.69, 9.17) is 9.15 Å². The molecule has 0 saturated carbocycles. The van der Waals surface area contributed by atoms with Gasteiger partial charge in [0.25, 0.3) is 5.91 Å². The summed E-state index contributed by atoms with van der Waals surface area (Å²) >= 11 is 0. The first-order valence-corrected chi connectivity index (χ1v) is 9.12. The minimum absolute atomic E-state index is 0.0267. The fourth-order valence-corrected chi connectivity index (χ4v) is 3.00. The molecule has 1 N–H and O–H groups in total. The molecule has 0 radical (unpaired) electrons. The standard InChI is InChI=1S/C20H25N3O4/c1-16-3-2-4-18(13-16)27-12-6-21-19(24)14-22-7-9-23(10-8-22)20(25)17-5-11-26-15-17/h2-5,11,13,15H,6-10,12,14H2,1H3,(H,21,24). The third-order valence-electron chi connectivity index (χ3n) is 4.48. The molecule has 2 aromatic rings. The van der Waals surface area contributed by atoms with E-state index in [-0.39, 0.29) is 11.8 Å². The molecule has 0 bridgehead atoms. The number of rotatable bonds is 7. The molecule has 27 heavy (non-hydrogen) atoms. The Kier molecular flexibility index (Phi) is 6.49. The van der Waals surface area contributed by atoms with Crippen LogP contribution in [0.1, 0.15) is 15.9 Å². The van der Waals surface area contributed by atoms with Gasteiger partial charge in [0.2, 0.25) is 5.91 Å². The number of amides is 2. The second-order valence-corrected chi connectivity index (χ2v) is 6.60. The Morgan fingerprint density at radius 1 is 1.19 bits per heavy atom. The van der Waals surface area contributed by atoms with Crippen LogP contribution in [0.25, 0.3) is 0 Å². The largest absolute Gasteiger partial charge is 0.492 e. The number of benzene rings is 1. The van der Waals surface area contributed by atoms with E-state index in [9.17, 15) is 9.59 Å². The molecule has 0 spiro atoms. The average Bonchev–Trinajstić information content (AvgIpc) is 3.20. The van der Waals surface area contributed by atoms with Gasteiger partial charge in [-0.3, -0.25) is 14.5 Å². The highest BCUT2D eigenvalue weighted by molar-refractivity contribution is 5.93. The quantitative estimate of drug-likeness (QED) is 0.748. The molecular formula is C20H25N3O4. The van der Waals surface area contributed by atoms with Crippen molar-refractivity contribution >= 4 is 11.8 Å². The maximum atomic E-state index is 12.3. The Labute approximate surface area is 158 Å². The molecule has 7 nitrogen and oxygen atoms in total. The summed E-state index contributed by atoms with van der Waals surface area (Å²) in [7, 11) is 0. The van der Waals surface area contributed by atoms with Crippen molar-refractivity contribution in [3.63, 3.8) is 0 Å². The summed E-state index contributed by atoms with van der Waals surface area (Å²) in [5.74, 6) is 0.751. The molecule has 0 aliphatic carbocycles. The van der Waals surface area contributed by atoms with Gasteiger partial charge in [0.05, 0.1) is 24.9 Å². The molecule has 1 fully saturated rings. The second-order valence-electron chi connectivity index (χ2n) is 6.60. The zero-order chi connectivity index (χ0) is 19.1. The summed E-state index contributed by atoms with van der Waals surface area (Å²) in [6.45, 7) is 5.80. The van der Waals surface area contributed by atoms with Crippen molar-refractivity contribution < 1.29 is 18.7 Å². The second kappa shape index (κ2) is 9.23. The van der Waals surface area contributed by atoms with Gasteiger partial charge in [-0.1, -0.05) is 12.1 Å². The van der Waals surface area contributed by atoms with E-state index in [1.54, 1.807) is 11.0 Å². The molecule has 1 saturated heterocycles. The van der Waals surface area contributed by atoms with Crippen LogP contribution >= 0.6 is 0 Å². The summed E-state index contributed by atoms with van der Waals surface area (Å²) in [4.78, 5) is 28.2. The minimum Gasteiger partial charge on any atom is -0.492 e. The van der Waals surface area contributed by atoms with Gasteiger partial charge < -0.3 is 19.4 Å². The number of nitrogens with zero attached hydrogens (tertiary/aromatic N) is 2. The molecule has 1 aliphatic heterocycles. The lowest BCUT2D eigenvalue weighted by molar-refractivity contribution is -0.122. The molecule has 144 valence electrons. The van der Waals surface area contributed by atoms with Gasteiger partial charge in [-0.05, 0) is 30.7 Å². The average molecular weight is 371 g/mol. The number of aryl methyl sites for hydroxylation is 1. The fraction of sp³-hybridized carbons (Fsp3) is 0.400. The number of ether oxygens (including phenoxy) is 1. The maximum absolute atomic E-state index is 12.3. The van der Waals surface area contributed by atoms with Gasteiger partial charge >= 0.3 is 0 Å². The van der Waals surface area contributed by atoms with E-state index in [0.29, 0.717) is 51.4 Å². The van der Waals surface area contributed by atoms with Gasteiger partial charge in [0.15, 0.2) is 0 Å². The normalized spacial score (nSPS) is 14.8. The number of carbonyl (C=O) groups is 2. The Morgan fingerprint density at radius 2 is 2.00 bits per heavy atom. The van der Waals surface area contributed by atoms with Crippen LogP contribution in [0, 0.1) is 6.92 Å². The molecule has 2 heterocycles. The topological polar surface area (TPSA) is 75.0 Å². The summed E-state index contributed by atoms with van der Waals surface area (Å²) in [6, 6.07) is 9.49. The SMILES string of the molecule is Cc1cccc(OCCNC(=O)CN2CCN(C(=O)c3ccoc3)CC2)c1. The van der Waals surface area contributed by atoms with Crippen LogP contribution in [-0.2, 0) is 4.79 Å². The Morgan fingerprint density at radius 3 is 2.70 bits per heavy atom. The summed E-state index contributed by atoms with van der Waals surface area (Å²) in [5.41, 5.74) is 1.71. The Bertz CT molecular complexity index is 752. The third kappa shape index (κ3) is 5.59. The van der Waals surface area contributed by atoms with Crippen LogP contribution in [0.2, 0.25) is 0 Å². The van der Waals surface area contributed by atoms with E-state index in [0.717, 1.165) is 11.3 Å². The number of furan rings is 1. The van der Waals surface area contributed by atoms with Crippen LogP contribution in [-0.4, -0.2) is 67.5 Å². The molecule has 1 aliphatic rings. The van der Waals surface area contributed by atoms with E-state index in [2.05, 4.69) is 10.2 Å². The van der Waals surface area contributed by atoms with Crippen LogP contribution in [0.4, 0.5) is 0 Å². The lowest BCUT2D eigenvalue weighted by atomic mass is 10.2. The van der Waals surface area contributed by atoms with E-state index in [1.807, 2.05) is 31.2 Å². The number of nitrogens with one attached hydrogen (secondary N) is 1. The molecule has 3 rings (SSSR count). The summed E-state index contributed by atoms with van der Waals surface area (Å²) in [5, 5.41) is 2.87. The molecule has 0 unspecified atom stereocenters. The Balaban J connectivity index is 1.32. The van der Waals surface area contributed by atoms with Crippen molar-refractivity contribution in [3.05, 3.63) is 54.0 Å². The number of hydrogen-bond acceptors (Lipinski definition) is 5. The highest BCUT2D eigenvalue weighted by Gasteiger charge is 2.23. The summed E-state index contributed by atoms with van der Waals surface area (Å²) < 4.78 is 10.6. The molecule has 0 atom stereocenters. The minimum atomic E-state index is -0.0301. The Hall–Kier alpha value is -2.80. The van der Waals surface area contributed by atoms with Crippen molar-refractivity contribution in [3.8, 4) is 5.75 Å². The van der Waals surface area contributed by atoms with E-state index >= 15 is 0 Å². The fourth-order valence-electron chi connectivity index (χ4n) is 3.00. The highest BCUT2D eigenvalue weighted by atomic mass is 16.5. The van der Waals surface area contributed by atoms with E-state index in [1.165, 1.54) is 12.5 Å². The third-order valence-corrected chi connectivity index (χ3v) is 4.48. The van der Waals surface area contributed by atoms with Crippen molar-refractivity contribution in [2.45, 2.75) is 6.92 Å². The van der Waals surface area contributed by atoms with Crippen molar-refractivity contribution in [1.82, 2.24) is 15.1 Å². The zero-order valence-electron chi connectivity index (χ0n) is 15.5. The predicted octanol–water partition coefficient (Wildman–Crippen LogP) is 1.54. The van der Waals surface area contributed by atoms with Crippen molar-refractivity contribution in [2.24, 2.45) is 0 Å². The van der Waals surface area contributed by atoms with Crippen LogP contribution in [0.5, 0.6) is 5.75 Å². The predicted molar refractivity (Wildman–Crippen MR) is 101 cm³/mol. The molecule has 2 amide bonds. The van der Waals surface area contributed by atoms with Crippen LogP contribution in [0.15, 0.2) is 47.3 Å². The zero-order valence-corrected chi connectivity index (χ0v) is 15.5. The van der Waals surface area contributed by atoms with Gasteiger partial charge in [0, 0.05) is 26.2 Å². The van der Waals surface area contributed by atoms with Crippen molar-refractivity contribution in [1.29, 1.82) is 0 Å². The first kappa shape index (κ1) is 19.0. The van der Waals surface area contributed by atoms with Gasteiger partial charge in [-0.15, -0.1) is 0 Å². The lowest BCUT2D eigenvalue weighted by Crippen LogP contribution is -2.51. The van der Waals surface area contributed by atoms with Crippen molar-refractivity contribution in [2.75, 3.05) is 45.9 Å². The lowest BCUT2D eigenvalue weighted by Gasteiger charge is -2.34. The molecular weight excluding hydrogens is 346 g/mol. The highest BCUT2D eigenvalue weighted by Crippen LogP contribution is 2.12. The van der Waals surface area contributed by atoms with Gasteiger partial charge in [-0.2, -0.15) is 0 Å². The smallest absolute Gasteiger partial charge is 0.257 e.